The van der Waals surface area contributed by atoms with Crippen LogP contribution in [0.1, 0.15) is 17.0 Å². The summed E-state index contributed by atoms with van der Waals surface area (Å²) < 4.78 is 1.85. The van der Waals surface area contributed by atoms with E-state index in [1.165, 1.54) is 4.88 Å². The quantitative estimate of drug-likeness (QED) is 0.878. The Morgan fingerprint density at radius 1 is 1.36 bits per heavy atom. The lowest BCUT2D eigenvalue weighted by Gasteiger charge is -2.07. The van der Waals surface area contributed by atoms with Gasteiger partial charge in [-0.15, -0.1) is 11.3 Å². The lowest BCUT2D eigenvalue weighted by atomic mass is 10.3. The largest absolute Gasteiger partial charge is 0.355 e. The zero-order valence-corrected chi connectivity index (χ0v) is 13.8. The highest BCUT2D eigenvalue weighted by Gasteiger charge is 2.17. The van der Waals surface area contributed by atoms with Crippen LogP contribution >= 0.6 is 11.3 Å². The minimum atomic E-state index is 0.396. The van der Waals surface area contributed by atoms with Crippen molar-refractivity contribution in [1.82, 2.24) is 20.0 Å². The van der Waals surface area contributed by atoms with Crippen LogP contribution in [0.4, 0.5) is 0 Å². The molecule has 1 N–H and O–H groups in total. The monoisotopic (exact) mass is 318 g/mol. The van der Waals surface area contributed by atoms with E-state index >= 15 is 0 Å². The molecule has 1 amide bonds. The van der Waals surface area contributed by atoms with Crippen LogP contribution < -0.4 is 5.32 Å². The molecule has 1 aliphatic heterocycles. The van der Waals surface area contributed by atoms with E-state index in [4.69, 9.17) is 0 Å². The van der Waals surface area contributed by atoms with Gasteiger partial charge in [0.05, 0.1) is 5.69 Å². The highest BCUT2D eigenvalue weighted by atomic mass is 32.1. The Morgan fingerprint density at radius 3 is 2.77 bits per heavy atom. The lowest BCUT2D eigenvalue weighted by molar-refractivity contribution is -0.110. The second-order valence-electron chi connectivity index (χ2n) is 5.26. The summed E-state index contributed by atoms with van der Waals surface area (Å²) >= 11 is 1.73. The first kappa shape index (κ1) is 16.5. The maximum Gasteiger partial charge on any atom is 0.207 e. The third kappa shape index (κ3) is 5.13. The number of carbonyl (C=O) groups excluding carboxylic acids is 1. The molecule has 6 heteroatoms. The number of carbonyl (C=O) groups is 1. The number of thiophene rings is 1. The zero-order chi connectivity index (χ0) is 15.8. The smallest absolute Gasteiger partial charge is 0.207 e. The average molecular weight is 318 g/mol. The van der Waals surface area contributed by atoms with E-state index in [1.807, 2.05) is 23.9 Å². The number of nitrogens with one attached hydrogen (secondary N) is 1. The van der Waals surface area contributed by atoms with Gasteiger partial charge in [-0.2, -0.15) is 5.10 Å². The topological polar surface area (TPSA) is 50.2 Å². The number of aryl methyl sites for hydroxylation is 1. The van der Waals surface area contributed by atoms with Gasteiger partial charge in [0.15, 0.2) is 0 Å². The summed E-state index contributed by atoms with van der Waals surface area (Å²) in [5.41, 5.74) is 1.12. The van der Waals surface area contributed by atoms with E-state index in [0.717, 1.165) is 31.6 Å². The van der Waals surface area contributed by atoms with Gasteiger partial charge in [0, 0.05) is 30.7 Å². The van der Waals surface area contributed by atoms with Crippen molar-refractivity contribution in [2.75, 3.05) is 20.1 Å². The van der Waals surface area contributed by atoms with E-state index in [9.17, 15) is 4.79 Å². The minimum absolute atomic E-state index is 0.396. The highest BCUT2D eigenvalue weighted by Crippen LogP contribution is 2.12. The van der Waals surface area contributed by atoms with Gasteiger partial charge in [0.1, 0.15) is 0 Å². The van der Waals surface area contributed by atoms with E-state index in [-0.39, 0.29) is 0 Å². The Labute approximate surface area is 135 Å². The number of aromatic nitrogens is 2. The Bertz CT molecular complexity index is 591. The summed E-state index contributed by atoms with van der Waals surface area (Å²) in [5, 5.41) is 8.91. The SMILES string of the molecule is CN1CCC(NC=O)C1.Cn1nccc1/C=C/c1cccs1. The van der Waals surface area contributed by atoms with E-state index in [0.29, 0.717) is 6.04 Å². The van der Waals surface area contributed by atoms with Crippen LogP contribution in [0.5, 0.6) is 0 Å². The number of amides is 1. The van der Waals surface area contributed by atoms with Crippen LogP contribution in [0.2, 0.25) is 0 Å². The molecular weight excluding hydrogens is 296 g/mol. The molecule has 3 rings (SSSR count). The van der Waals surface area contributed by atoms with Crippen molar-refractivity contribution < 1.29 is 4.79 Å². The molecule has 0 bridgehead atoms. The van der Waals surface area contributed by atoms with Crippen LogP contribution in [0.15, 0.2) is 29.8 Å². The first-order valence-corrected chi connectivity index (χ1v) is 8.15. The van der Waals surface area contributed by atoms with Crippen molar-refractivity contribution in [3.05, 3.63) is 40.3 Å². The fourth-order valence-corrected chi connectivity index (χ4v) is 2.89. The molecule has 2 aromatic heterocycles. The van der Waals surface area contributed by atoms with Crippen molar-refractivity contribution in [3.8, 4) is 0 Å². The molecule has 1 aliphatic rings. The third-order valence-corrected chi connectivity index (χ3v) is 4.35. The minimum Gasteiger partial charge on any atom is -0.355 e. The van der Waals surface area contributed by atoms with Gasteiger partial charge in [-0.25, -0.2) is 0 Å². The van der Waals surface area contributed by atoms with Gasteiger partial charge in [-0.3, -0.25) is 9.48 Å². The zero-order valence-electron chi connectivity index (χ0n) is 13.0. The number of likely N-dealkylation sites (N-methyl/N-ethyl adjacent to an activating group) is 1. The first-order valence-electron chi connectivity index (χ1n) is 7.27. The summed E-state index contributed by atoms with van der Waals surface area (Å²) in [6.45, 7) is 2.10. The Kier molecular flexibility index (Phi) is 6.36. The number of hydrogen-bond acceptors (Lipinski definition) is 4. The normalized spacial score (nSPS) is 18.2. The maximum atomic E-state index is 9.94. The maximum absolute atomic E-state index is 9.94. The van der Waals surface area contributed by atoms with Gasteiger partial charge in [0.25, 0.3) is 0 Å². The van der Waals surface area contributed by atoms with Gasteiger partial charge in [-0.05, 0) is 49.7 Å². The van der Waals surface area contributed by atoms with Crippen LogP contribution in [-0.2, 0) is 11.8 Å². The van der Waals surface area contributed by atoms with Crippen molar-refractivity contribution in [2.45, 2.75) is 12.5 Å². The van der Waals surface area contributed by atoms with Gasteiger partial charge in [0.2, 0.25) is 6.41 Å². The molecule has 1 fully saturated rings. The predicted molar refractivity (Wildman–Crippen MR) is 91.6 cm³/mol. The second kappa shape index (κ2) is 8.51. The fraction of sp³-hybridized carbons (Fsp3) is 0.375. The highest BCUT2D eigenvalue weighted by molar-refractivity contribution is 7.10. The lowest BCUT2D eigenvalue weighted by Crippen LogP contribution is -2.29. The van der Waals surface area contributed by atoms with Crippen LogP contribution in [0.25, 0.3) is 12.2 Å². The fourth-order valence-electron chi connectivity index (χ4n) is 2.27. The molecule has 0 radical (unpaired) electrons. The van der Waals surface area contributed by atoms with Gasteiger partial charge < -0.3 is 10.2 Å². The summed E-state index contributed by atoms with van der Waals surface area (Å²) in [6.07, 6.45) is 7.84. The van der Waals surface area contributed by atoms with Crippen LogP contribution in [0.3, 0.4) is 0 Å². The molecule has 1 saturated heterocycles. The standard InChI is InChI=1S/C10H10N2S.C6H12N2O/c1-12-9(6-7-11-12)4-5-10-3-2-8-13-10;1-8-3-2-6(4-8)7-5-9/h2-8H,1H3;5-6H,2-4H2,1H3,(H,7,9)/b5-4+;. The third-order valence-electron chi connectivity index (χ3n) is 3.52. The number of nitrogens with zero attached hydrogens (tertiary/aromatic N) is 3. The van der Waals surface area contributed by atoms with E-state index < -0.39 is 0 Å². The molecule has 0 saturated carbocycles. The molecule has 2 aromatic rings. The van der Waals surface area contributed by atoms with Crippen molar-refractivity contribution in [3.63, 3.8) is 0 Å². The molecule has 1 unspecified atom stereocenters. The summed E-state index contributed by atoms with van der Waals surface area (Å²) in [4.78, 5) is 13.4. The van der Waals surface area contributed by atoms with Gasteiger partial charge >= 0.3 is 0 Å². The second-order valence-corrected chi connectivity index (χ2v) is 6.24. The van der Waals surface area contributed by atoms with E-state index in [1.54, 1.807) is 17.5 Å². The Hall–Kier alpha value is -1.92. The molecule has 1 atom stereocenters. The molecule has 0 spiro atoms. The molecule has 5 nitrogen and oxygen atoms in total. The summed E-state index contributed by atoms with van der Waals surface area (Å²) in [7, 11) is 4.00. The van der Waals surface area contributed by atoms with Crippen molar-refractivity contribution in [2.24, 2.45) is 7.05 Å². The molecule has 0 aromatic carbocycles. The average Bonchev–Trinajstić information content (AvgIpc) is 3.22. The molecule has 22 heavy (non-hydrogen) atoms. The molecule has 0 aliphatic carbocycles. The summed E-state index contributed by atoms with van der Waals surface area (Å²) in [5.74, 6) is 0. The molecule has 118 valence electrons. The van der Waals surface area contributed by atoms with Crippen LogP contribution in [0, 0.1) is 0 Å². The number of hydrogen-bond donors (Lipinski definition) is 1. The summed E-state index contributed by atoms with van der Waals surface area (Å²) in [6, 6.07) is 6.53. The molecule has 3 heterocycles. The van der Waals surface area contributed by atoms with Crippen molar-refractivity contribution in [1.29, 1.82) is 0 Å². The van der Waals surface area contributed by atoms with Crippen molar-refractivity contribution >= 4 is 29.9 Å². The Morgan fingerprint density at radius 2 is 2.23 bits per heavy atom. The number of likely N-dealkylation sites (tertiary alicyclic amines) is 1. The van der Waals surface area contributed by atoms with Gasteiger partial charge in [-0.1, -0.05) is 6.07 Å². The first-order chi connectivity index (χ1) is 10.7. The van der Waals surface area contributed by atoms with Crippen LogP contribution in [-0.4, -0.2) is 47.3 Å². The molecular formula is C16H22N4OS. The number of rotatable bonds is 4. The Balaban J connectivity index is 0.000000172. The van der Waals surface area contributed by atoms with E-state index in [2.05, 4.69) is 46.0 Å². The predicted octanol–water partition coefficient (Wildman–Crippen LogP) is 2.09.